The van der Waals surface area contributed by atoms with Gasteiger partial charge in [0.15, 0.2) is 0 Å². The minimum atomic E-state index is -0.0913. The van der Waals surface area contributed by atoms with E-state index < -0.39 is 0 Å². The van der Waals surface area contributed by atoms with Crippen LogP contribution in [-0.2, 0) is 14.3 Å². The Labute approximate surface area is 104 Å². The molecule has 1 atom stereocenters. The average Bonchev–Trinajstić information content (AvgIpc) is 2.27. The van der Waals surface area contributed by atoms with Gasteiger partial charge in [-0.05, 0) is 11.8 Å². The molecule has 0 bridgehead atoms. The lowest BCUT2D eigenvalue weighted by Crippen LogP contribution is -2.42. The number of methoxy groups -OCH3 is 1. The molecular formula is C13H25NO3. The van der Waals surface area contributed by atoms with Crippen LogP contribution >= 0.6 is 0 Å². The highest BCUT2D eigenvalue weighted by Crippen LogP contribution is 2.26. The fourth-order valence-corrected chi connectivity index (χ4v) is 2.22. The molecule has 1 heterocycles. The molecule has 100 valence electrons. The summed E-state index contributed by atoms with van der Waals surface area (Å²) in [6, 6.07) is 0. The van der Waals surface area contributed by atoms with Crippen molar-refractivity contribution in [3.8, 4) is 0 Å². The summed E-state index contributed by atoms with van der Waals surface area (Å²) in [6.07, 6.45) is 0.858. The molecule has 0 aromatic heterocycles. The molecule has 0 spiro atoms. The Hall–Kier alpha value is -0.610. The zero-order chi connectivity index (χ0) is 12.9. The van der Waals surface area contributed by atoms with E-state index in [0.717, 1.165) is 39.3 Å². The van der Waals surface area contributed by atoms with Gasteiger partial charge < -0.3 is 9.47 Å². The fourth-order valence-electron chi connectivity index (χ4n) is 2.22. The minimum Gasteiger partial charge on any atom is -0.469 e. The van der Waals surface area contributed by atoms with E-state index in [9.17, 15) is 4.79 Å². The quantitative estimate of drug-likeness (QED) is 0.702. The first-order valence-corrected chi connectivity index (χ1v) is 6.30. The first-order valence-electron chi connectivity index (χ1n) is 6.30. The van der Waals surface area contributed by atoms with Gasteiger partial charge in [0.2, 0.25) is 0 Å². The molecule has 1 aliphatic rings. The molecule has 1 saturated heterocycles. The predicted molar refractivity (Wildman–Crippen MR) is 66.8 cm³/mol. The van der Waals surface area contributed by atoms with Crippen LogP contribution < -0.4 is 0 Å². The molecule has 0 amide bonds. The van der Waals surface area contributed by atoms with Crippen LogP contribution in [0, 0.1) is 11.3 Å². The molecule has 0 aromatic rings. The smallest absolute Gasteiger partial charge is 0.309 e. The van der Waals surface area contributed by atoms with Crippen molar-refractivity contribution < 1.29 is 14.3 Å². The third-order valence-corrected chi connectivity index (χ3v) is 2.98. The Kier molecular flexibility index (Phi) is 5.40. The summed E-state index contributed by atoms with van der Waals surface area (Å²) in [6.45, 7) is 10.6. The number of hydrogen-bond acceptors (Lipinski definition) is 4. The van der Waals surface area contributed by atoms with Crippen LogP contribution in [0.5, 0.6) is 0 Å². The summed E-state index contributed by atoms with van der Waals surface area (Å²) < 4.78 is 10.2. The largest absolute Gasteiger partial charge is 0.469 e. The topological polar surface area (TPSA) is 38.8 Å². The van der Waals surface area contributed by atoms with Gasteiger partial charge in [-0.1, -0.05) is 20.8 Å². The third-order valence-electron chi connectivity index (χ3n) is 2.98. The highest BCUT2D eigenvalue weighted by Gasteiger charge is 2.28. The van der Waals surface area contributed by atoms with Gasteiger partial charge in [0.05, 0.1) is 26.2 Å². The Morgan fingerprint density at radius 3 is 2.41 bits per heavy atom. The van der Waals surface area contributed by atoms with Crippen molar-refractivity contribution in [2.75, 3.05) is 40.0 Å². The molecule has 4 nitrogen and oxygen atoms in total. The molecule has 1 unspecified atom stereocenters. The second-order valence-corrected chi connectivity index (χ2v) is 5.90. The maximum atomic E-state index is 11.8. The molecule has 0 saturated carbocycles. The lowest BCUT2D eigenvalue weighted by molar-refractivity contribution is -0.147. The normalized spacial score (nSPS) is 20.0. The predicted octanol–water partition coefficient (Wildman–Crippen LogP) is 1.54. The number of esters is 1. The van der Waals surface area contributed by atoms with Gasteiger partial charge in [-0.3, -0.25) is 9.69 Å². The summed E-state index contributed by atoms with van der Waals surface area (Å²) in [7, 11) is 1.47. The summed E-state index contributed by atoms with van der Waals surface area (Å²) in [4.78, 5) is 14.1. The van der Waals surface area contributed by atoms with Gasteiger partial charge >= 0.3 is 5.97 Å². The monoisotopic (exact) mass is 243 g/mol. The maximum Gasteiger partial charge on any atom is 0.309 e. The number of carbonyl (C=O) groups is 1. The van der Waals surface area contributed by atoms with Crippen molar-refractivity contribution in [3.63, 3.8) is 0 Å². The van der Waals surface area contributed by atoms with E-state index >= 15 is 0 Å². The van der Waals surface area contributed by atoms with Crippen molar-refractivity contribution in [1.29, 1.82) is 0 Å². The van der Waals surface area contributed by atoms with Crippen LogP contribution in [0.3, 0.4) is 0 Å². The zero-order valence-corrected chi connectivity index (χ0v) is 11.5. The van der Waals surface area contributed by atoms with Gasteiger partial charge in [0.1, 0.15) is 0 Å². The number of ether oxygens (including phenoxy) is 2. The molecule has 0 N–H and O–H groups in total. The molecule has 0 aromatic carbocycles. The first-order chi connectivity index (χ1) is 7.92. The third kappa shape index (κ3) is 5.50. The van der Waals surface area contributed by atoms with Crippen LogP contribution in [0.15, 0.2) is 0 Å². The Bertz CT molecular complexity index is 242. The van der Waals surface area contributed by atoms with Crippen LogP contribution in [0.25, 0.3) is 0 Å². The van der Waals surface area contributed by atoms with Crippen LogP contribution in [0.2, 0.25) is 0 Å². The average molecular weight is 243 g/mol. The van der Waals surface area contributed by atoms with Crippen molar-refractivity contribution >= 4 is 5.97 Å². The van der Waals surface area contributed by atoms with Crippen molar-refractivity contribution in [1.82, 2.24) is 4.90 Å². The van der Waals surface area contributed by atoms with Crippen LogP contribution in [0.4, 0.5) is 0 Å². The lowest BCUT2D eigenvalue weighted by atomic mass is 9.84. The highest BCUT2D eigenvalue weighted by molar-refractivity contribution is 5.72. The highest BCUT2D eigenvalue weighted by atomic mass is 16.5. The van der Waals surface area contributed by atoms with E-state index in [0.29, 0.717) is 0 Å². The standard InChI is InChI=1S/C13H25NO3/c1-13(2,3)9-11(12(15)16-4)10-14-5-7-17-8-6-14/h11H,5-10H2,1-4H3. The summed E-state index contributed by atoms with van der Waals surface area (Å²) in [5.41, 5.74) is 0.144. The van der Waals surface area contributed by atoms with Gasteiger partial charge in [-0.15, -0.1) is 0 Å². The van der Waals surface area contributed by atoms with Crippen LogP contribution in [-0.4, -0.2) is 50.8 Å². The fraction of sp³-hybridized carbons (Fsp3) is 0.923. The molecule has 0 radical (unpaired) electrons. The molecule has 1 rings (SSSR count). The summed E-state index contributed by atoms with van der Waals surface area (Å²) in [5, 5.41) is 0. The minimum absolute atomic E-state index is 0.0295. The molecule has 1 fully saturated rings. The second-order valence-electron chi connectivity index (χ2n) is 5.90. The van der Waals surface area contributed by atoms with E-state index in [-0.39, 0.29) is 17.3 Å². The molecule has 1 aliphatic heterocycles. The molecule has 0 aliphatic carbocycles. The number of hydrogen-bond donors (Lipinski definition) is 0. The van der Waals surface area contributed by atoms with Gasteiger partial charge in [-0.2, -0.15) is 0 Å². The number of nitrogens with zero attached hydrogens (tertiary/aromatic N) is 1. The Morgan fingerprint density at radius 1 is 1.35 bits per heavy atom. The summed E-state index contributed by atoms with van der Waals surface area (Å²) >= 11 is 0. The molecular weight excluding hydrogens is 218 g/mol. The van der Waals surface area contributed by atoms with E-state index in [2.05, 4.69) is 25.7 Å². The van der Waals surface area contributed by atoms with Gasteiger partial charge in [-0.25, -0.2) is 0 Å². The van der Waals surface area contributed by atoms with E-state index in [1.807, 2.05) is 0 Å². The Morgan fingerprint density at radius 2 is 1.94 bits per heavy atom. The van der Waals surface area contributed by atoms with Crippen molar-refractivity contribution in [2.24, 2.45) is 11.3 Å². The molecule has 4 heteroatoms. The summed E-state index contributed by atoms with van der Waals surface area (Å²) in [5.74, 6) is -0.121. The maximum absolute atomic E-state index is 11.8. The van der Waals surface area contributed by atoms with Crippen molar-refractivity contribution in [2.45, 2.75) is 27.2 Å². The van der Waals surface area contributed by atoms with E-state index in [1.165, 1.54) is 7.11 Å². The van der Waals surface area contributed by atoms with Crippen LogP contribution in [0.1, 0.15) is 27.2 Å². The van der Waals surface area contributed by atoms with Gasteiger partial charge in [0.25, 0.3) is 0 Å². The zero-order valence-electron chi connectivity index (χ0n) is 11.5. The number of rotatable bonds is 4. The molecule has 17 heavy (non-hydrogen) atoms. The Balaban J connectivity index is 2.53. The van der Waals surface area contributed by atoms with Crippen molar-refractivity contribution in [3.05, 3.63) is 0 Å². The van der Waals surface area contributed by atoms with E-state index in [4.69, 9.17) is 9.47 Å². The number of carbonyl (C=O) groups excluding carboxylic acids is 1. The number of morpholine rings is 1. The SMILES string of the molecule is COC(=O)C(CN1CCOCC1)CC(C)(C)C. The van der Waals surface area contributed by atoms with Gasteiger partial charge in [0, 0.05) is 19.6 Å². The first kappa shape index (κ1) is 14.5. The second kappa shape index (κ2) is 6.36. The lowest BCUT2D eigenvalue weighted by Gasteiger charge is -2.32. The van der Waals surface area contributed by atoms with E-state index in [1.54, 1.807) is 0 Å².